The number of aromatic nitrogens is 1. The standard InChI is InChI=1S/C27H28ClN9O11S2/c1-26(2,22(43)44)48-34-15(12-9-49-24(29)32-12)19(41)33-16-20(42)35-10-27(23(45)46,50-21(16)35)36-7-8-37(25(36)47)31-6-5-30-18(40)11-3-4-13(38)17(39)14(11)28/h3-4,6,9,16,21,38-39H,5,7-8,10H2,1-2H3,(H2,29,32)(H,30,40)(H,33,41)(H,43,44)(H,45,46)/b31-6+,34-15-/t16?,21-,27?/m1/s1. The number of aromatic hydroxyl groups is 2. The summed E-state index contributed by atoms with van der Waals surface area (Å²) in [7, 11) is 0. The number of oxime groups is 1. The number of carbonyl (C=O) groups is 6. The van der Waals surface area contributed by atoms with Crippen molar-refractivity contribution in [3.8, 4) is 11.5 Å². The Morgan fingerprint density at radius 3 is 2.58 bits per heavy atom. The van der Waals surface area contributed by atoms with Crippen LogP contribution in [0.3, 0.4) is 0 Å². The molecule has 3 atom stereocenters. The van der Waals surface area contributed by atoms with Crippen molar-refractivity contribution in [2.45, 2.75) is 35.7 Å². The van der Waals surface area contributed by atoms with Crippen LogP contribution in [-0.4, -0.2) is 136 Å². The molecular weight excluding hydrogens is 726 g/mol. The Bertz CT molecular complexity index is 1850. The van der Waals surface area contributed by atoms with E-state index in [9.17, 15) is 49.2 Å². The van der Waals surface area contributed by atoms with E-state index < -0.39 is 81.3 Å². The van der Waals surface area contributed by atoms with Crippen molar-refractivity contribution >= 4 is 87.4 Å². The number of nitrogens with two attached hydrogens (primary N) is 1. The number of phenols is 2. The average Bonchev–Trinajstić information content (AvgIpc) is 3.76. The number of carboxylic acids is 2. The van der Waals surface area contributed by atoms with Crippen molar-refractivity contribution in [1.29, 1.82) is 0 Å². The molecule has 3 aliphatic heterocycles. The van der Waals surface area contributed by atoms with E-state index in [0.717, 1.165) is 39.1 Å². The van der Waals surface area contributed by atoms with Gasteiger partial charge < -0.3 is 46.5 Å². The van der Waals surface area contributed by atoms with Crippen LogP contribution in [0.2, 0.25) is 5.02 Å². The Hall–Kier alpha value is -5.35. The maximum Gasteiger partial charge on any atom is 0.350 e. The lowest BCUT2D eigenvalue weighted by molar-refractivity contribution is -0.161. The highest BCUT2D eigenvalue weighted by Gasteiger charge is 2.66. The number of nitrogens with one attached hydrogen (secondary N) is 2. The topological polar surface area (TPSA) is 290 Å². The summed E-state index contributed by atoms with van der Waals surface area (Å²) in [5.74, 6) is -6.29. The Balaban J connectivity index is 1.25. The molecule has 4 heterocycles. The molecule has 2 aromatic rings. The van der Waals surface area contributed by atoms with Gasteiger partial charge in [-0.3, -0.25) is 19.3 Å². The molecule has 0 aliphatic carbocycles. The van der Waals surface area contributed by atoms with Crippen LogP contribution < -0.4 is 16.4 Å². The number of rotatable bonds is 12. The molecule has 8 N–H and O–H groups in total. The summed E-state index contributed by atoms with van der Waals surface area (Å²) in [5, 5.41) is 52.7. The number of fused-ring (bicyclic) bond motifs is 1. The molecule has 3 fully saturated rings. The van der Waals surface area contributed by atoms with E-state index in [1.165, 1.54) is 36.4 Å². The highest BCUT2D eigenvalue weighted by molar-refractivity contribution is 8.02. The van der Waals surface area contributed by atoms with Crippen molar-refractivity contribution < 1.29 is 54.0 Å². The first-order valence-electron chi connectivity index (χ1n) is 14.3. The number of thiazole rings is 1. The quantitative estimate of drug-likeness (QED) is 0.0635. The van der Waals surface area contributed by atoms with E-state index >= 15 is 0 Å². The molecule has 0 spiro atoms. The molecule has 20 nitrogen and oxygen atoms in total. The number of carboxylic acid groups (broad SMARTS) is 2. The fourth-order valence-corrected chi connectivity index (χ4v) is 7.32. The third-order valence-corrected chi connectivity index (χ3v) is 10.4. The van der Waals surface area contributed by atoms with E-state index in [1.54, 1.807) is 0 Å². The first-order chi connectivity index (χ1) is 23.5. The molecule has 0 saturated carbocycles. The third kappa shape index (κ3) is 6.50. The predicted molar refractivity (Wildman–Crippen MR) is 176 cm³/mol. The molecule has 1 aromatic heterocycles. The third-order valence-electron chi connectivity index (χ3n) is 7.66. The number of nitrogen functional groups attached to an aromatic ring is 1. The molecule has 5 rings (SSSR count). The van der Waals surface area contributed by atoms with Gasteiger partial charge in [-0.2, -0.15) is 5.10 Å². The number of nitrogens with zero attached hydrogens (tertiary/aromatic N) is 6. The van der Waals surface area contributed by atoms with Crippen LogP contribution in [0.15, 0.2) is 27.8 Å². The summed E-state index contributed by atoms with van der Waals surface area (Å²) >= 11 is 7.63. The summed E-state index contributed by atoms with van der Waals surface area (Å²) in [6.07, 6.45) is 1.18. The molecule has 50 heavy (non-hydrogen) atoms. The van der Waals surface area contributed by atoms with Gasteiger partial charge in [0.05, 0.1) is 30.2 Å². The van der Waals surface area contributed by atoms with Gasteiger partial charge in [0.25, 0.3) is 11.8 Å². The van der Waals surface area contributed by atoms with E-state index in [-0.39, 0.29) is 41.0 Å². The normalized spacial score (nSPS) is 22.1. The average molecular weight is 754 g/mol. The van der Waals surface area contributed by atoms with Gasteiger partial charge >= 0.3 is 18.0 Å². The number of thioether (sulfide) groups is 1. The van der Waals surface area contributed by atoms with Crippen LogP contribution in [-0.2, 0) is 24.0 Å². The van der Waals surface area contributed by atoms with Crippen LogP contribution in [0.5, 0.6) is 11.5 Å². The zero-order valence-corrected chi connectivity index (χ0v) is 28.3. The molecule has 23 heteroatoms. The lowest BCUT2D eigenvalue weighted by Crippen LogP contribution is -2.68. The minimum atomic E-state index is -1.94. The maximum absolute atomic E-state index is 13.3. The van der Waals surface area contributed by atoms with E-state index in [1.807, 2.05) is 0 Å². The van der Waals surface area contributed by atoms with Crippen LogP contribution in [0.25, 0.3) is 0 Å². The highest BCUT2D eigenvalue weighted by Crippen LogP contribution is 2.49. The fraction of sp³-hybridized carbons (Fsp3) is 0.370. The van der Waals surface area contributed by atoms with Crippen LogP contribution in [0.1, 0.15) is 29.9 Å². The Kier molecular flexibility index (Phi) is 9.72. The van der Waals surface area contributed by atoms with Crippen LogP contribution in [0, 0.1) is 0 Å². The number of urea groups is 1. The van der Waals surface area contributed by atoms with Gasteiger partial charge in [-0.15, -0.1) is 11.3 Å². The Morgan fingerprint density at radius 2 is 1.94 bits per heavy atom. The summed E-state index contributed by atoms with van der Waals surface area (Å²) < 4.78 is 0. The molecule has 3 aliphatic rings. The zero-order chi connectivity index (χ0) is 36.7. The molecule has 1 aromatic carbocycles. The van der Waals surface area contributed by atoms with Gasteiger partial charge in [0.2, 0.25) is 16.4 Å². The first-order valence-corrected chi connectivity index (χ1v) is 16.5. The largest absolute Gasteiger partial charge is 0.504 e. The van der Waals surface area contributed by atoms with E-state index in [4.69, 9.17) is 22.2 Å². The number of anilines is 1. The maximum atomic E-state index is 13.3. The Labute approximate surface area is 294 Å². The number of hydrogen-bond acceptors (Lipinski definition) is 15. The summed E-state index contributed by atoms with van der Waals surface area (Å²) in [4.78, 5) is 85.8. The number of benzene rings is 1. The lowest BCUT2D eigenvalue weighted by Gasteiger charge is -2.41. The van der Waals surface area contributed by atoms with Gasteiger partial charge in [0.1, 0.15) is 17.1 Å². The summed E-state index contributed by atoms with van der Waals surface area (Å²) in [5.41, 5.74) is 3.19. The van der Waals surface area contributed by atoms with Gasteiger partial charge in [0, 0.05) is 18.1 Å². The molecule has 0 radical (unpaired) electrons. The molecule has 266 valence electrons. The number of aliphatic carboxylic acids is 2. The molecule has 0 bridgehead atoms. The fourth-order valence-electron chi connectivity index (χ4n) is 4.89. The second kappa shape index (κ2) is 13.5. The van der Waals surface area contributed by atoms with E-state index in [2.05, 4.69) is 25.9 Å². The van der Waals surface area contributed by atoms with Gasteiger partial charge in [-0.25, -0.2) is 24.4 Å². The predicted octanol–water partition coefficient (Wildman–Crippen LogP) is -0.292. The second-order valence-corrected chi connectivity index (χ2v) is 14.0. The SMILES string of the molecule is CC(C)(O/N=C(\C(=O)NC1C(=O)N2CC(C(=O)O)(N3CCN(/N=C/CNC(=O)c4ccc(O)c(O)c4Cl)C3=O)S[C@H]12)c1csc(N)n1)C(=O)O. The summed E-state index contributed by atoms with van der Waals surface area (Å²) in [6.45, 7) is 1.69. The number of hydrogen-bond donors (Lipinski definition) is 7. The van der Waals surface area contributed by atoms with Gasteiger partial charge in [0.15, 0.2) is 22.3 Å². The number of hydrazone groups is 1. The van der Waals surface area contributed by atoms with Crippen molar-refractivity contribution in [2.75, 3.05) is 31.9 Å². The van der Waals surface area contributed by atoms with Crippen LogP contribution >= 0.6 is 34.7 Å². The number of carbonyl (C=O) groups excluding carboxylic acids is 4. The first kappa shape index (κ1) is 35.9. The number of β-lactam (4-membered cyclic amide) rings is 1. The van der Waals surface area contributed by atoms with E-state index in [0.29, 0.717) is 0 Å². The number of phenolic OH excluding ortho intramolecular Hbond substituents is 2. The minimum Gasteiger partial charge on any atom is -0.504 e. The summed E-state index contributed by atoms with van der Waals surface area (Å²) in [6, 6.07) is 0.236. The molecule has 3 saturated heterocycles. The lowest BCUT2D eigenvalue weighted by atomic mass is 10.1. The van der Waals surface area contributed by atoms with Crippen molar-refractivity contribution in [3.05, 3.63) is 33.8 Å². The van der Waals surface area contributed by atoms with Crippen LogP contribution in [0.4, 0.5) is 9.93 Å². The van der Waals surface area contributed by atoms with Crippen molar-refractivity contribution in [3.63, 3.8) is 0 Å². The highest BCUT2D eigenvalue weighted by atomic mass is 35.5. The smallest absolute Gasteiger partial charge is 0.350 e. The molecule has 2 unspecified atom stereocenters. The zero-order valence-electron chi connectivity index (χ0n) is 25.9. The van der Waals surface area contributed by atoms with Gasteiger partial charge in [-0.1, -0.05) is 28.5 Å². The van der Waals surface area contributed by atoms with Gasteiger partial charge in [-0.05, 0) is 26.0 Å². The molecular formula is C27H28ClN9O11S2. The number of amides is 5. The minimum absolute atomic E-state index is 0.0292. The monoisotopic (exact) mass is 753 g/mol. The Morgan fingerprint density at radius 1 is 1.22 bits per heavy atom. The number of halogens is 1. The second-order valence-electron chi connectivity index (χ2n) is 11.3. The van der Waals surface area contributed by atoms with Crippen molar-refractivity contribution in [2.24, 2.45) is 10.3 Å². The van der Waals surface area contributed by atoms with Crippen molar-refractivity contribution in [1.82, 2.24) is 30.4 Å². The molecule has 5 amide bonds.